The summed E-state index contributed by atoms with van der Waals surface area (Å²) in [6, 6.07) is 9.07. The van der Waals surface area contributed by atoms with Crippen LogP contribution in [-0.4, -0.2) is 25.7 Å². The van der Waals surface area contributed by atoms with Gasteiger partial charge in [-0.3, -0.25) is 0 Å². The van der Waals surface area contributed by atoms with Crippen LogP contribution in [0.5, 0.6) is 0 Å². The highest BCUT2D eigenvalue weighted by atomic mass is 15.2. The number of hydrogen-bond donors (Lipinski definition) is 1. The van der Waals surface area contributed by atoms with Crippen molar-refractivity contribution in [1.29, 1.82) is 5.26 Å². The van der Waals surface area contributed by atoms with Gasteiger partial charge in [0.05, 0.1) is 11.6 Å². The van der Waals surface area contributed by atoms with Crippen molar-refractivity contribution >= 4 is 5.69 Å². The third-order valence-electron chi connectivity index (χ3n) is 4.11. The van der Waals surface area contributed by atoms with Crippen LogP contribution in [0.3, 0.4) is 0 Å². The number of nitrogens with one attached hydrogen (secondary N) is 1. The molecule has 2 fully saturated rings. The number of rotatable bonds is 1. The van der Waals surface area contributed by atoms with Crippen molar-refractivity contribution < 1.29 is 0 Å². The normalized spacial score (nSPS) is 26.9. The molecule has 2 saturated heterocycles. The SMILES string of the molecule is Cc1cc(N2CC[C@H]3CNC[C@H]32)ccc1C#N. The van der Waals surface area contributed by atoms with Gasteiger partial charge >= 0.3 is 0 Å². The maximum atomic E-state index is 8.95. The van der Waals surface area contributed by atoms with Crippen molar-refractivity contribution in [1.82, 2.24) is 5.32 Å². The predicted octanol–water partition coefficient (Wildman–Crippen LogP) is 1.66. The lowest BCUT2D eigenvalue weighted by Gasteiger charge is -2.26. The number of hydrogen-bond acceptors (Lipinski definition) is 3. The molecule has 2 aliphatic rings. The zero-order chi connectivity index (χ0) is 11.8. The standard InChI is InChI=1S/C14H17N3/c1-10-6-13(3-2-11(10)7-15)17-5-4-12-8-16-9-14(12)17/h2-3,6,12,14,16H,4-5,8-9H2,1H3/t12-,14+/m0/s1. The highest BCUT2D eigenvalue weighted by molar-refractivity contribution is 5.55. The van der Waals surface area contributed by atoms with Crippen LogP contribution in [-0.2, 0) is 0 Å². The average Bonchev–Trinajstić information content (AvgIpc) is 2.90. The molecule has 3 heteroatoms. The van der Waals surface area contributed by atoms with Gasteiger partial charge in [0.1, 0.15) is 0 Å². The molecule has 1 aromatic carbocycles. The van der Waals surface area contributed by atoms with Crippen molar-refractivity contribution in [2.75, 3.05) is 24.5 Å². The van der Waals surface area contributed by atoms with Gasteiger partial charge in [0, 0.05) is 31.4 Å². The van der Waals surface area contributed by atoms with E-state index in [1.807, 2.05) is 13.0 Å². The van der Waals surface area contributed by atoms with Crippen LogP contribution >= 0.6 is 0 Å². The fourth-order valence-corrected chi connectivity index (χ4v) is 3.12. The summed E-state index contributed by atoms with van der Waals surface area (Å²) in [5.41, 5.74) is 3.14. The molecule has 1 N–H and O–H groups in total. The van der Waals surface area contributed by atoms with Crippen molar-refractivity contribution in [2.45, 2.75) is 19.4 Å². The van der Waals surface area contributed by atoms with Crippen molar-refractivity contribution in [3.05, 3.63) is 29.3 Å². The van der Waals surface area contributed by atoms with Gasteiger partial charge in [-0.05, 0) is 43.0 Å². The minimum absolute atomic E-state index is 0.655. The van der Waals surface area contributed by atoms with Crippen LogP contribution in [0.1, 0.15) is 17.5 Å². The summed E-state index contributed by atoms with van der Waals surface area (Å²) in [5.74, 6) is 0.811. The molecule has 0 aromatic heterocycles. The number of benzene rings is 1. The third-order valence-corrected chi connectivity index (χ3v) is 4.11. The second-order valence-electron chi connectivity index (χ2n) is 5.08. The predicted molar refractivity (Wildman–Crippen MR) is 68.0 cm³/mol. The molecule has 0 bridgehead atoms. The van der Waals surface area contributed by atoms with Crippen molar-refractivity contribution in [3.8, 4) is 6.07 Å². The van der Waals surface area contributed by atoms with Crippen LogP contribution in [0, 0.1) is 24.2 Å². The summed E-state index contributed by atoms with van der Waals surface area (Å²) < 4.78 is 0. The van der Waals surface area contributed by atoms with Gasteiger partial charge in [0.2, 0.25) is 0 Å². The molecule has 0 radical (unpaired) electrons. The molecule has 3 nitrogen and oxygen atoms in total. The maximum absolute atomic E-state index is 8.95. The Morgan fingerprint density at radius 3 is 3.06 bits per heavy atom. The van der Waals surface area contributed by atoms with Gasteiger partial charge in [-0.2, -0.15) is 5.26 Å². The monoisotopic (exact) mass is 227 g/mol. The first-order valence-electron chi connectivity index (χ1n) is 6.27. The molecule has 0 unspecified atom stereocenters. The molecule has 3 rings (SSSR count). The van der Waals surface area contributed by atoms with E-state index in [0.717, 1.165) is 36.7 Å². The number of fused-ring (bicyclic) bond motifs is 1. The summed E-state index contributed by atoms with van der Waals surface area (Å²) in [6.07, 6.45) is 1.29. The summed E-state index contributed by atoms with van der Waals surface area (Å²) in [5, 5.41) is 12.4. The lowest BCUT2D eigenvalue weighted by Crippen LogP contribution is -2.34. The molecule has 17 heavy (non-hydrogen) atoms. The second-order valence-corrected chi connectivity index (χ2v) is 5.08. The number of nitriles is 1. The van der Waals surface area contributed by atoms with Gasteiger partial charge in [-0.25, -0.2) is 0 Å². The fourth-order valence-electron chi connectivity index (χ4n) is 3.12. The van der Waals surface area contributed by atoms with Crippen LogP contribution < -0.4 is 10.2 Å². The molecule has 0 amide bonds. The Bertz CT molecular complexity index is 475. The zero-order valence-electron chi connectivity index (χ0n) is 10.1. The summed E-state index contributed by atoms with van der Waals surface area (Å²) in [7, 11) is 0. The lowest BCUT2D eigenvalue weighted by molar-refractivity contribution is 0.578. The maximum Gasteiger partial charge on any atom is 0.0994 e. The van der Waals surface area contributed by atoms with Gasteiger partial charge in [0.15, 0.2) is 0 Å². The molecule has 1 aromatic rings. The molecular weight excluding hydrogens is 210 g/mol. The first kappa shape index (κ1) is 10.6. The molecule has 0 aliphatic carbocycles. The minimum Gasteiger partial charge on any atom is -0.367 e. The van der Waals surface area contributed by atoms with Crippen molar-refractivity contribution in [3.63, 3.8) is 0 Å². The average molecular weight is 227 g/mol. The molecule has 0 spiro atoms. The Morgan fingerprint density at radius 1 is 1.41 bits per heavy atom. The van der Waals surface area contributed by atoms with E-state index in [1.54, 1.807) is 0 Å². The van der Waals surface area contributed by atoms with Crippen LogP contribution in [0.4, 0.5) is 5.69 Å². The van der Waals surface area contributed by atoms with Crippen molar-refractivity contribution in [2.24, 2.45) is 5.92 Å². The highest BCUT2D eigenvalue weighted by Crippen LogP contribution is 2.32. The third kappa shape index (κ3) is 1.69. The summed E-state index contributed by atoms with van der Waals surface area (Å²) in [6.45, 7) is 5.44. The quantitative estimate of drug-likeness (QED) is 0.793. The lowest BCUT2D eigenvalue weighted by atomic mass is 10.0. The van der Waals surface area contributed by atoms with E-state index in [-0.39, 0.29) is 0 Å². The van der Waals surface area contributed by atoms with Crippen LogP contribution in [0.2, 0.25) is 0 Å². The number of aryl methyl sites for hydroxylation is 1. The van der Waals surface area contributed by atoms with Crippen LogP contribution in [0.15, 0.2) is 18.2 Å². The fraction of sp³-hybridized carbons (Fsp3) is 0.500. The molecular formula is C14H17N3. The zero-order valence-corrected chi connectivity index (χ0v) is 10.1. The largest absolute Gasteiger partial charge is 0.367 e. The Morgan fingerprint density at radius 2 is 2.29 bits per heavy atom. The highest BCUT2D eigenvalue weighted by Gasteiger charge is 2.37. The van der Waals surface area contributed by atoms with E-state index in [4.69, 9.17) is 5.26 Å². The second kappa shape index (κ2) is 4.05. The Balaban J connectivity index is 1.90. The first-order chi connectivity index (χ1) is 8.29. The van der Waals surface area contributed by atoms with E-state index in [9.17, 15) is 0 Å². The van der Waals surface area contributed by atoms with E-state index in [1.165, 1.54) is 12.1 Å². The summed E-state index contributed by atoms with van der Waals surface area (Å²) >= 11 is 0. The Kier molecular flexibility index (Phi) is 2.53. The molecule has 2 atom stereocenters. The van der Waals surface area contributed by atoms with Gasteiger partial charge in [0.25, 0.3) is 0 Å². The Labute approximate surface area is 102 Å². The topological polar surface area (TPSA) is 39.1 Å². The molecule has 88 valence electrons. The number of anilines is 1. The molecule has 2 heterocycles. The van der Waals surface area contributed by atoms with E-state index >= 15 is 0 Å². The van der Waals surface area contributed by atoms with Gasteiger partial charge in [-0.1, -0.05) is 0 Å². The van der Waals surface area contributed by atoms with Gasteiger partial charge in [-0.15, -0.1) is 0 Å². The van der Waals surface area contributed by atoms with E-state index in [2.05, 4.69) is 28.4 Å². The van der Waals surface area contributed by atoms with E-state index in [0.29, 0.717) is 6.04 Å². The number of nitrogens with zero attached hydrogens (tertiary/aromatic N) is 2. The molecule has 0 saturated carbocycles. The first-order valence-corrected chi connectivity index (χ1v) is 6.27. The van der Waals surface area contributed by atoms with Gasteiger partial charge < -0.3 is 10.2 Å². The van der Waals surface area contributed by atoms with Crippen LogP contribution in [0.25, 0.3) is 0 Å². The minimum atomic E-state index is 0.655. The van der Waals surface area contributed by atoms with E-state index < -0.39 is 0 Å². The molecule has 2 aliphatic heterocycles. The Hall–Kier alpha value is -1.53. The smallest absolute Gasteiger partial charge is 0.0994 e. The summed E-state index contributed by atoms with van der Waals surface area (Å²) in [4.78, 5) is 2.50.